The highest BCUT2D eigenvalue weighted by molar-refractivity contribution is 8.01. The molecule has 3 heterocycles. The Morgan fingerprint density at radius 2 is 2.22 bits per heavy atom. The van der Waals surface area contributed by atoms with Crippen LogP contribution in [0.3, 0.4) is 0 Å². The minimum atomic E-state index is 0.558. The number of fused-ring (bicyclic) bond motifs is 1. The monoisotopic (exact) mass is 295 g/mol. The van der Waals surface area contributed by atoms with E-state index in [1.165, 1.54) is 21.1 Å². The van der Waals surface area contributed by atoms with Gasteiger partial charge in [0, 0.05) is 22.7 Å². The molecule has 1 aliphatic heterocycles. The fourth-order valence-electron chi connectivity index (χ4n) is 2.37. The van der Waals surface area contributed by atoms with E-state index in [4.69, 9.17) is 0 Å². The van der Waals surface area contributed by atoms with E-state index in [1.807, 2.05) is 34.4 Å². The molecule has 0 aromatic carbocycles. The molecule has 0 saturated carbocycles. The Morgan fingerprint density at radius 3 is 3.06 bits per heavy atom. The van der Waals surface area contributed by atoms with E-state index in [0.717, 1.165) is 18.2 Å². The van der Waals surface area contributed by atoms with Crippen molar-refractivity contribution >= 4 is 34.4 Å². The van der Waals surface area contributed by atoms with Crippen LogP contribution in [-0.4, -0.2) is 11.8 Å². The molecule has 0 fully saturated rings. The topological polar surface area (TPSA) is 12.0 Å². The Kier molecular flexibility index (Phi) is 4.09. The summed E-state index contributed by atoms with van der Waals surface area (Å²) in [6, 6.07) is 7.21. The average molecular weight is 295 g/mol. The highest BCUT2D eigenvalue weighted by atomic mass is 32.2. The summed E-state index contributed by atoms with van der Waals surface area (Å²) in [6.45, 7) is 3.42. The minimum absolute atomic E-state index is 0.558. The molecule has 96 valence electrons. The molecule has 3 rings (SSSR count). The molecule has 0 radical (unpaired) electrons. The first-order valence-electron chi connectivity index (χ1n) is 6.33. The lowest BCUT2D eigenvalue weighted by molar-refractivity contribution is 0.493. The van der Waals surface area contributed by atoms with Crippen LogP contribution < -0.4 is 5.32 Å². The van der Waals surface area contributed by atoms with Crippen molar-refractivity contribution in [3.8, 4) is 0 Å². The first-order chi connectivity index (χ1) is 8.83. The van der Waals surface area contributed by atoms with E-state index >= 15 is 0 Å². The molecule has 1 aliphatic rings. The predicted molar refractivity (Wildman–Crippen MR) is 83.0 cm³/mol. The van der Waals surface area contributed by atoms with Crippen LogP contribution in [-0.2, 0) is 6.42 Å². The Morgan fingerprint density at radius 1 is 1.28 bits per heavy atom. The Balaban J connectivity index is 1.60. The Hall–Kier alpha value is -0.290. The highest BCUT2D eigenvalue weighted by Gasteiger charge is 2.25. The summed E-state index contributed by atoms with van der Waals surface area (Å²) in [5, 5.41) is 8.85. The van der Waals surface area contributed by atoms with Crippen LogP contribution in [0.1, 0.15) is 29.8 Å². The zero-order chi connectivity index (χ0) is 12.4. The van der Waals surface area contributed by atoms with Crippen molar-refractivity contribution in [1.82, 2.24) is 5.32 Å². The van der Waals surface area contributed by atoms with Crippen molar-refractivity contribution < 1.29 is 0 Å². The first-order valence-corrected chi connectivity index (χ1v) is 8.96. The van der Waals surface area contributed by atoms with Crippen LogP contribution in [0.2, 0.25) is 0 Å². The summed E-state index contributed by atoms with van der Waals surface area (Å²) >= 11 is 5.78. The number of hydrogen-bond acceptors (Lipinski definition) is 4. The van der Waals surface area contributed by atoms with Gasteiger partial charge in [0.1, 0.15) is 0 Å². The summed E-state index contributed by atoms with van der Waals surface area (Å²) in [7, 11) is 0. The molecule has 4 heteroatoms. The maximum absolute atomic E-state index is 3.73. The second-order valence-electron chi connectivity index (χ2n) is 4.66. The summed E-state index contributed by atoms with van der Waals surface area (Å²) in [4.78, 5) is 1.48. The Bertz CT molecular complexity index is 489. The van der Waals surface area contributed by atoms with Gasteiger partial charge in [-0.05, 0) is 41.3 Å². The van der Waals surface area contributed by atoms with Gasteiger partial charge in [-0.1, -0.05) is 13.0 Å². The van der Waals surface area contributed by atoms with Crippen LogP contribution in [0.5, 0.6) is 0 Å². The van der Waals surface area contributed by atoms with E-state index in [1.54, 1.807) is 0 Å². The lowest BCUT2D eigenvalue weighted by Gasteiger charge is -2.27. The quantitative estimate of drug-likeness (QED) is 0.887. The van der Waals surface area contributed by atoms with Crippen LogP contribution in [0.4, 0.5) is 0 Å². The third kappa shape index (κ3) is 2.82. The van der Waals surface area contributed by atoms with Crippen molar-refractivity contribution in [3.05, 3.63) is 39.4 Å². The highest BCUT2D eigenvalue weighted by Crippen LogP contribution is 2.43. The molecule has 0 aliphatic carbocycles. The van der Waals surface area contributed by atoms with E-state index in [-0.39, 0.29) is 0 Å². The van der Waals surface area contributed by atoms with Gasteiger partial charge in [0.2, 0.25) is 0 Å². The minimum Gasteiger partial charge on any atom is -0.309 e. The maximum Gasteiger partial charge on any atom is 0.0649 e. The third-order valence-corrected chi connectivity index (χ3v) is 6.53. The van der Waals surface area contributed by atoms with Gasteiger partial charge in [0.05, 0.1) is 4.21 Å². The third-order valence-electron chi connectivity index (χ3n) is 3.25. The van der Waals surface area contributed by atoms with Crippen molar-refractivity contribution in [3.63, 3.8) is 0 Å². The van der Waals surface area contributed by atoms with Gasteiger partial charge in [0.25, 0.3) is 0 Å². The van der Waals surface area contributed by atoms with Gasteiger partial charge in [0.15, 0.2) is 0 Å². The van der Waals surface area contributed by atoms with Gasteiger partial charge >= 0.3 is 0 Å². The molecular formula is C14H17NS3. The molecule has 0 saturated heterocycles. The number of thiophene rings is 2. The zero-order valence-electron chi connectivity index (χ0n) is 10.4. The molecule has 2 aromatic heterocycles. The molecule has 0 amide bonds. The molecule has 0 spiro atoms. The van der Waals surface area contributed by atoms with Gasteiger partial charge in [-0.2, -0.15) is 0 Å². The molecule has 1 unspecified atom stereocenters. The van der Waals surface area contributed by atoms with Crippen molar-refractivity contribution in [2.75, 3.05) is 6.54 Å². The number of nitrogens with one attached hydrogen (secondary N) is 1. The van der Waals surface area contributed by atoms with Gasteiger partial charge < -0.3 is 5.32 Å². The SMILES string of the molecule is C[C@H]1CC(NCCc2cccs2)c2ccsc2S1. The van der Waals surface area contributed by atoms with Crippen LogP contribution in [0.15, 0.2) is 33.2 Å². The molecule has 1 nitrogen and oxygen atoms in total. The van der Waals surface area contributed by atoms with E-state index in [0.29, 0.717) is 6.04 Å². The molecule has 2 aromatic rings. The van der Waals surface area contributed by atoms with Crippen LogP contribution >= 0.6 is 34.4 Å². The lowest BCUT2D eigenvalue weighted by atomic mass is 10.0. The fraction of sp³-hybridized carbons (Fsp3) is 0.429. The predicted octanol–water partition coefficient (Wildman–Crippen LogP) is 4.57. The average Bonchev–Trinajstić information content (AvgIpc) is 2.98. The van der Waals surface area contributed by atoms with Gasteiger partial charge in [-0.3, -0.25) is 0 Å². The van der Waals surface area contributed by atoms with E-state index < -0.39 is 0 Å². The molecule has 0 bridgehead atoms. The summed E-state index contributed by atoms with van der Waals surface area (Å²) < 4.78 is 1.52. The van der Waals surface area contributed by atoms with Crippen molar-refractivity contribution in [2.45, 2.75) is 35.3 Å². The lowest BCUT2D eigenvalue weighted by Crippen LogP contribution is -2.27. The number of hydrogen-bond donors (Lipinski definition) is 1. The zero-order valence-corrected chi connectivity index (χ0v) is 12.8. The summed E-state index contributed by atoms with van der Waals surface area (Å²) in [5.41, 5.74) is 1.52. The molecule has 1 N–H and O–H groups in total. The normalized spacial score (nSPS) is 22.9. The second-order valence-corrected chi connectivity index (χ2v) is 8.32. The van der Waals surface area contributed by atoms with Crippen LogP contribution in [0, 0.1) is 0 Å². The standard InChI is InChI=1S/C14H17NS3/c1-10-9-13(12-5-8-17-14(12)18-10)15-6-4-11-3-2-7-16-11/h2-3,5,7-8,10,13,15H,4,6,9H2,1H3/t10-,13?/m0/s1. The molecule has 2 atom stereocenters. The smallest absolute Gasteiger partial charge is 0.0649 e. The largest absolute Gasteiger partial charge is 0.309 e. The second kappa shape index (κ2) is 5.78. The maximum atomic E-state index is 3.73. The van der Waals surface area contributed by atoms with Gasteiger partial charge in [-0.15, -0.1) is 34.4 Å². The summed E-state index contributed by atoms with van der Waals surface area (Å²) in [5.74, 6) is 0. The van der Waals surface area contributed by atoms with E-state index in [2.05, 4.69) is 41.2 Å². The fourth-order valence-corrected chi connectivity index (χ4v) is 5.64. The Labute approximate surface area is 121 Å². The summed E-state index contributed by atoms with van der Waals surface area (Å²) in [6.07, 6.45) is 2.40. The van der Waals surface area contributed by atoms with Crippen LogP contribution in [0.25, 0.3) is 0 Å². The number of thioether (sulfide) groups is 1. The van der Waals surface area contributed by atoms with Crippen molar-refractivity contribution in [1.29, 1.82) is 0 Å². The van der Waals surface area contributed by atoms with Gasteiger partial charge in [-0.25, -0.2) is 0 Å². The van der Waals surface area contributed by atoms with E-state index in [9.17, 15) is 0 Å². The molecule has 18 heavy (non-hydrogen) atoms. The number of rotatable bonds is 4. The van der Waals surface area contributed by atoms with Crippen molar-refractivity contribution in [2.24, 2.45) is 0 Å². The molecular weight excluding hydrogens is 278 g/mol. The first kappa shape index (κ1) is 12.7.